The Bertz CT molecular complexity index is 1180. The van der Waals surface area contributed by atoms with Crippen molar-refractivity contribution in [2.24, 2.45) is 17.8 Å². The first-order chi connectivity index (χ1) is 16.2. The molecule has 3 amide bonds. The maximum absolute atomic E-state index is 13.5. The van der Waals surface area contributed by atoms with E-state index >= 15 is 0 Å². The van der Waals surface area contributed by atoms with E-state index in [0.717, 1.165) is 27.0 Å². The van der Waals surface area contributed by atoms with Gasteiger partial charge in [0.25, 0.3) is 23.4 Å². The summed E-state index contributed by atoms with van der Waals surface area (Å²) < 4.78 is 0.761. The highest BCUT2D eigenvalue weighted by atomic mass is 79.9. The lowest BCUT2D eigenvalue weighted by Crippen LogP contribution is -2.52. The summed E-state index contributed by atoms with van der Waals surface area (Å²) in [5, 5.41) is 12.8. The summed E-state index contributed by atoms with van der Waals surface area (Å²) in [6.45, 7) is 1.45. The highest BCUT2D eigenvalue weighted by Gasteiger charge is 2.52. The lowest BCUT2D eigenvalue weighted by atomic mass is 9.76. The number of Topliss-reactive ketones (excluding diaryl/α,β-unsaturated/α-hetero) is 1. The molecule has 0 aromatic heterocycles. The number of carbonyl (C=O) groups is 4. The van der Waals surface area contributed by atoms with E-state index in [-0.39, 0.29) is 17.2 Å². The Balaban J connectivity index is 1.71. The third kappa shape index (κ3) is 4.50. The van der Waals surface area contributed by atoms with Crippen LogP contribution >= 0.6 is 15.9 Å². The van der Waals surface area contributed by atoms with Crippen molar-refractivity contribution < 1.29 is 24.1 Å². The quantitative estimate of drug-likeness (QED) is 0.242. The number of hydrogen-bond donors (Lipinski definition) is 0. The number of nitrogens with zero attached hydrogens (tertiary/aromatic N) is 3. The fourth-order valence-electron chi connectivity index (χ4n) is 4.61. The molecule has 1 saturated carbocycles. The van der Waals surface area contributed by atoms with Crippen LogP contribution in [0, 0.1) is 27.9 Å². The molecule has 0 bridgehead atoms. The zero-order chi connectivity index (χ0) is 24.6. The Labute approximate surface area is 204 Å². The van der Waals surface area contributed by atoms with E-state index in [9.17, 15) is 29.3 Å². The lowest BCUT2D eigenvalue weighted by Gasteiger charge is -2.30. The molecule has 1 saturated heterocycles. The van der Waals surface area contributed by atoms with E-state index in [0.29, 0.717) is 18.4 Å². The summed E-state index contributed by atoms with van der Waals surface area (Å²) >= 11 is 3.30. The molecule has 0 N–H and O–H groups in total. The number of amides is 3. The van der Waals surface area contributed by atoms with Crippen LogP contribution in [0.4, 0.5) is 5.69 Å². The van der Waals surface area contributed by atoms with Crippen molar-refractivity contribution in [2.45, 2.75) is 26.2 Å². The van der Waals surface area contributed by atoms with Gasteiger partial charge in [0.1, 0.15) is 6.54 Å². The molecule has 1 heterocycles. The fraction of sp³-hybridized carbons (Fsp3) is 0.333. The predicted molar refractivity (Wildman–Crippen MR) is 124 cm³/mol. The Morgan fingerprint density at radius 2 is 1.74 bits per heavy atom. The minimum absolute atomic E-state index is 0.0957. The molecule has 1 aliphatic carbocycles. The Kier molecular flexibility index (Phi) is 6.60. The van der Waals surface area contributed by atoms with Crippen LogP contribution < -0.4 is 0 Å². The molecule has 2 aromatic rings. The van der Waals surface area contributed by atoms with Crippen molar-refractivity contribution in [3.05, 3.63) is 74.2 Å². The number of rotatable bonds is 6. The van der Waals surface area contributed by atoms with Gasteiger partial charge in [-0.2, -0.15) is 5.01 Å². The maximum Gasteiger partial charge on any atom is 0.273 e. The standard InChI is InChI=1S/C24H22BrN3O6/c1-14-5-10-19-20(11-14)24(32)27(23(19)31)26(13-21(29)15-6-8-17(25)9-7-15)22(30)16-3-2-4-18(12-16)28(33)34/h2-4,6-9,12,14,19-20H,5,10-11,13H2,1H3/t14-,19-,20-/m1/s1. The molecule has 3 atom stereocenters. The van der Waals surface area contributed by atoms with Gasteiger partial charge in [0.2, 0.25) is 0 Å². The van der Waals surface area contributed by atoms with Crippen molar-refractivity contribution >= 4 is 45.1 Å². The molecule has 10 heteroatoms. The van der Waals surface area contributed by atoms with Gasteiger partial charge in [-0.3, -0.25) is 29.3 Å². The number of non-ortho nitro benzene ring substituents is 1. The number of imide groups is 1. The fourth-order valence-corrected chi connectivity index (χ4v) is 4.87. The number of nitro groups is 1. The molecule has 0 radical (unpaired) electrons. The van der Waals surface area contributed by atoms with Crippen molar-refractivity contribution in [1.29, 1.82) is 0 Å². The first kappa shape index (κ1) is 23.7. The van der Waals surface area contributed by atoms with Gasteiger partial charge < -0.3 is 0 Å². The zero-order valence-electron chi connectivity index (χ0n) is 18.3. The van der Waals surface area contributed by atoms with Gasteiger partial charge in [-0.25, -0.2) is 5.01 Å². The van der Waals surface area contributed by atoms with Crippen molar-refractivity contribution in [1.82, 2.24) is 10.0 Å². The second-order valence-electron chi connectivity index (χ2n) is 8.72. The average Bonchev–Trinajstić information content (AvgIpc) is 3.06. The van der Waals surface area contributed by atoms with Crippen LogP contribution in [0.3, 0.4) is 0 Å². The van der Waals surface area contributed by atoms with Crippen LogP contribution in [-0.4, -0.2) is 45.0 Å². The monoisotopic (exact) mass is 527 g/mol. The van der Waals surface area contributed by atoms with Gasteiger partial charge in [-0.05, 0) is 43.4 Å². The zero-order valence-corrected chi connectivity index (χ0v) is 19.9. The number of hydrazine groups is 1. The minimum Gasteiger partial charge on any atom is -0.292 e. The molecule has 1 aliphatic heterocycles. The van der Waals surface area contributed by atoms with Crippen LogP contribution in [-0.2, 0) is 9.59 Å². The third-order valence-electron chi connectivity index (χ3n) is 6.40. The highest BCUT2D eigenvalue weighted by Crippen LogP contribution is 2.41. The summed E-state index contributed by atoms with van der Waals surface area (Å²) in [4.78, 5) is 63.6. The number of hydrogen-bond acceptors (Lipinski definition) is 6. The van der Waals surface area contributed by atoms with E-state index in [1.54, 1.807) is 24.3 Å². The summed E-state index contributed by atoms with van der Waals surface area (Å²) in [7, 11) is 0. The highest BCUT2D eigenvalue weighted by molar-refractivity contribution is 9.10. The Hall–Kier alpha value is -3.40. The molecule has 34 heavy (non-hydrogen) atoms. The van der Waals surface area contributed by atoms with Gasteiger partial charge in [0.15, 0.2) is 5.78 Å². The summed E-state index contributed by atoms with van der Waals surface area (Å²) in [6.07, 6.45) is 1.86. The number of fused-ring (bicyclic) bond motifs is 1. The summed E-state index contributed by atoms with van der Waals surface area (Å²) in [6, 6.07) is 11.5. The normalized spacial score (nSPS) is 21.8. The van der Waals surface area contributed by atoms with Crippen molar-refractivity contribution in [2.75, 3.05) is 6.54 Å². The van der Waals surface area contributed by atoms with Crippen LogP contribution in [0.25, 0.3) is 0 Å². The number of halogens is 1. The van der Waals surface area contributed by atoms with Crippen LogP contribution in [0.1, 0.15) is 46.9 Å². The first-order valence-corrected chi connectivity index (χ1v) is 11.7. The maximum atomic E-state index is 13.5. The van der Waals surface area contributed by atoms with E-state index in [1.807, 2.05) is 6.92 Å². The molecule has 0 unspecified atom stereocenters. The topological polar surface area (TPSA) is 118 Å². The molecule has 4 rings (SSSR count). The van der Waals surface area contributed by atoms with Crippen molar-refractivity contribution in [3.8, 4) is 0 Å². The van der Waals surface area contributed by atoms with Crippen LogP contribution in [0.15, 0.2) is 53.0 Å². The van der Waals surface area contributed by atoms with Crippen molar-refractivity contribution in [3.63, 3.8) is 0 Å². The van der Waals surface area contributed by atoms with Gasteiger partial charge in [0, 0.05) is 27.7 Å². The number of benzene rings is 2. The molecule has 2 aliphatic rings. The molecule has 176 valence electrons. The largest absolute Gasteiger partial charge is 0.292 e. The average molecular weight is 528 g/mol. The smallest absolute Gasteiger partial charge is 0.273 e. The molecule has 9 nitrogen and oxygen atoms in total. The van der Waals surface area contributed by atoms with E-state index < -0.39 is 46.8 Å². The van der Waals surface area contributed by atoms with E-state index in [4.69, 9.17) is 0 Å². The second-order valence-corrected chi connectivity index (χ2v) is 9.64. The second kappa shape index (κ2) is 9.46. The van der Waals surface area contributed by atoms with Gasteiger partial charge >= 0.3 is 0 Å². The van der Waals surface area contributed by atoms with E-state index in [2.05, 4.69) is 15.9 Å². The van der Waals surface area contributed by atoms with Gasteiger partial charge in [0.05, 0.1) is 16.8 Å². The summed E-state index contributed by atoms with van der Waals surface area (Å²) in [5.41, 5.74) is -0.113. The number of ketones is 1. The first-order valence-electron chi connectivity index (χ1n) is 10.9. The molecule has 2 fully saturated rings. The molecule has 0 spiro atoms. The molecular weight excluding hydrogens is 506 g/mol. The van der Waals surface area contributed by atoms with E-state index in [1.165, 1.54) is 18.2 Å². The SMILES string of the molecule is C[C@@H]1CC[C@H]2C(=O)N(N(CC(=O)c3ccc(Br)cc3)C(=O)c3cccc([N+](=O)[O-])c3)C(=O)[C@@H]2C1. The summed E-state index contributed by atoms with van der Waals surface area (Å²) in [5.74, 6) is -3.14. The van der Waals surface area contributed by atoms with Crippen LogP contribution in [0.2, 0.25) is 0 Å². The molecular formula is C24H22BrN3O6. The predicted octanol–water partition coefficient (Wildman–Crippen LogP) is 4.02. The Morgan fingerprint density at radius 3 is 2.41 bits per heavy atom. The minimum atomic E-state index is -0.831. The van der Waals surface area contributed by atoms with Crippen LogP contribution in [0.5, 0.6) is 0 Å². The van der Waals surface area contributed by atoms with Gasteiger partial charge in [-0.15, -0.1) is 0 Å². The lowest BCUT2D eigenvalue weighted by molar-refractivity contribution is -0.384. The van der Waals surface area contributed by atoms with Gasteiger partial charge in [-0.1, -0.05) is 41.1 Å². The molecule has 2 aromatic carbocycles. The number of carbonyl (C=O) groups excluding carboxylic acids is 4. The Morgan fingerprint density at radius 1 is 1.06 bits per heavy atom. The number of nitro benzene ring substituents is 1. The third-order valence-corrected chi connectivity index (χ3v) is 6.93.